The number of hydrogen-bond donors (Lipinski definition) is 2. The summed E-state index contributed by atoms with van der Waals surface area (Å²) in [6, 6.07) is 14.5. The summed E-state index contributed by atoms with van der Waals surface area (Å²) in [5.41, 5.74) is 12.2. The van der Waals surface area contributed by atoms with Crippen LogP contribution in [0.15, 0.2) is 47.5 Å². The number of aryl methyl sites for hydroxylation is 1. The largest absolute Gasteiger partial charge is 0.369 e. The first-order valence-corrected chi connectivity index (χ1v) is 7.96. The van der Waals surface area contributed by atoms with Crippen LogP contribution in [-0.4, -0.2) is 5.96 Å². The highest BCUT2D eigenvalue weighted by Crippen LogP contribution is 2.29. The molecule has 0 radical (unpaired) electrons. The van der Waals surface area contributed by atoms with Gasteiger partial charge in [0.2, 0.25) is 0 Å². The van der Waals surface area contributed by atoms with E-state index in [0.29, 0.717) is 11.9 Å². The molecule has 0 fully saturated rings. The van der Waals surface area contributed by atoms with Crippen LogP contribution in [0.25, 0.3) is 0 Å². The van der Waals surface area contributed by atoms with Crippen LogP contribution in [0.4, 0.5) is 11.4 Å². The lowest BCUT2D eigenvalue weighted by Crippen LogP contribution is -2.22. The van der Waals surface area contributed by atoms with Gasteiger partial charge in [-0.2, -0.15) is 0 Å². The van der Waals surface area contributed by atoms with E-state index in [2.05, 4.69) is 48.4 Å². The van der Waals surface area contributed by atoms with E-state index >= 15 is 0 Å². The van der Waals surface area contributed by atoms with Crippen LogP contribution < -0.4 is 11.1 Å². The summed E-state index contributed by atoms with van der Waals surface area (Å²) in [4.78, 5) is 4.58. The molecule has 0 amide bonds. The van der Waals surface area contributed by atoms with Gasteiger partial charge in [-0.3, -0.25) is 0 Å². The van der Waals surface area contributed by atoms with Crippen molar-refractivity contribution in [1.29, 1.82) is 0 Å². The number of aliphatic imine (C=N–C) groups is 1. The molecule has 3 N–H and O–H groups in total. The van der Waals surface area contributed by atoms with Gasteiger partial charge in [0.25, 0.3) is 0 Å². The van der Waals surface area contributed by atoms with Gasteiger partial charge >= 0.3 is 0 Å². The summed E-state index contributed by atoms with van der Waals surface area (Å²) in [7, 11) is 0. The quantitative estimate of drug-likeness (QED) is 0.652. The van der Waals surface area contributed by atoms with Crippen LogP contribution in [0.2, 0.25) is 0 Å². The summed E-state index contributed by atoms with van der Waals surface area (Å²) in [6.45, 7) is 4.34. The molecule has 22 heavy (non-hydrogen) atoms. The second-order valence-electron chi connectivity index (χ2n) is 6.13. The summed E-state index contributed by atoms with van der Waals surface area (Å²) in [5.74, 6) is 0.877. The molecule has 0 aliphatic heterocycles. The van der Waals surface area contributed by atoms with E-state index in [0.717, 1.165) is 24.2 Å². The first-order chi connectivity index (χ1) is 10.6. The van der Waals surface area contributed by atoms with Gasteiger partial charge in [0, 0.05) is 5.69 Å². The second-order valence-corrected chi connectivity index (χ2v) is 6.13. The fourth-order valence-corrected chi connectivity index (χ4v) is 3.11. The third-order valence-corrected chi connectivity index (χ3v) is 4.21. The third kappa shape index (κ3) is 2.98. The molecule has 0 atom stereocenters. The van der Waals surface area contributed by atoms with Crippen LogP contribution >= 0.6 is 0 Å². The molecule has 0 heterocycles. The summed E-state index contributed by atoms with van der Waals surface area (Å²) in [6.07, 6.45) is 3.51. The van der Waals surface area contributed by atoms with Gasteiger partial charge in [-0.1, -0.05) is 44.2 Å². The predicted molar refractivity (Wildman–Crippen MR) is 93.9 cm³/mol. The zero-order valence-electron chi connectivity index (χ0n) is 13.3. The molecule has 1 aliphatic carbocycles. The highest BCUT2D eigenvalue weighted by molar-refractivity contribution is 5.95. The molecule has 0 saturated carbocycles. The molecule has 0 unspecified atom stereocenters. The lowest BCUT2D eigenvalue weighted by Gasteiger charge is -2.12. The molecule has 1 aliphatic rings. The Morgan fingerprint density at radius 2 is 1.91 bits per heavy atom. The van der Waals surface area contributed by atoms with Crippen molar-refractivity contribution in [3.63, 3.8) is 0 Å². The number of hydrogen-bond acceptors (Lipinski definition) is 1. The van der Waals surface area contributed by atoms with E-state index in [4.69, 9.17) is 5.73 Å². The van der Waals surface area contributed by atoms with E-state index in [1.54, 1.807) is 0 Å². The Labute approximate surface area is 132 Å². The average molecular weight is 293 g/mol. The topological polar surface area (TPSA) is 50.4 Å². The molecule has 0 saturated heterocycles. The third-order valence-electron chi connectivity index (χ3n) is 4.21. The van der Waals surface area contributed by atoms with Crippen molar-refractivity contribution in [2.24, 2.45) is 10.7 Å². The zero-order chi connectivity index (χ0) is 15.5. The fraction of sp³-hybridized carbons (Fsp3) is 0.316. The Bertz CT molecular complexity index is 702. The number of nitrogens with two attached hydrogens (primary N) is 1. The summed E-state index contributed by atoms with van der Waals surface area (Å²) >= 11 is 0. The van der Waals surface area contributed by atoms with E-state index < -0.39 is 0 Å². The van der Waals surface area contributed by atoms with Crippen LogP contribution in [0.3, 0.4) is 0 Å². The lowest BCUT2D eigenvalue weighted by molar-refractivity contribution is 0.867. The Hall–Kier alpha value is -2.29. The van der Waals surface area contributed by atoms with Gasteiger partial charge in [0.05, 0.1) is 5.69 Å². The number of rotatable bonds is 3. The van der Waals surface area contributed by atoms with Crippen LogP contribution in [-0.2, 0) is 12.8 Å². The molecular formula is C19H23N3. The highest BCUT2D eigenvalue weighted by atomic mass is 15.1. The number of fused-ring (bicyclic) bond motifs is 1. The van der Waals surface area contributed by atoms with Crippen LogP contribution in [0.1, 0.15) is 42.9 Å². The lowest BCUT2D eigenvalue weighted by atomic mass is 10.0. The van der Waals surface area contributed by atoms with E-state index in [9.17, 15) is 0 Å². The minimum absolute atomic E-state index is 0.425. The minimum atomic E-state index is 0.425. The zero-order valence-corrected chi connectivity index (χ0v) is 13.3. The van der Waals surface area contributed by atoms with Crippen molar-refractivity contribution >= 4 is 17.3 Å². The molecule has 3 heteroatoms. The van der Waals surface area contributed by atoms with Gasteiger partial charge < -0.3 is 11.1 Å². The number of para-hydroxylation sites is 1. The standard InChI is InChI=1S/C19H23N3/c1-13(2)15-9-3-4-11-17(15)21-19(20)22-18-12-6-8-14-7-5-10-16(14)18/h3-4,6,8-9,11-13H,5,7,10H2,1-2H3,(H3,20,21,22). The van der Waals surface area contributed by atoms with Gasteiger partial charge in [-0.05, 0) is 54.0 Å². The average Bonchev–Trinajstić information content (AvgIpc) is 2.97. The Morgan fingerprint density at radius 3 is 2.73 bits per heavy atom. The summed E-state index contributed by atoms with van der Waals surface area (Å²) < 4.78 is 0. The molecule has 114 valence electrons. The molecule has 2 aromatic rings. The first kappa shape index (κ1) is 14.6. The van der Waals surface area contributed by atoms with Crippen molar-refractivity contribution in [2.45, 2.75) is 39.0 Å². The Morgan fingerprint density at radius 1 is 1.09 bits per heavy atom. The van der Waals surface area contributed by atoms with Crippen molar-refractivity contribution in [2.75, 3.05) is 5.32 Å². The van der Waals surface area contributed by atoms with Crippen molar-refractivity contribution in [1.82, 2.24) is 0 Å². The maximum Gasteiger partial charge on any atom is 0.198 e. The molecule has 0 bridgehead atoms. The van der Waals surface area contributed by atoms with Crippen molar-refractivity contribution < 1.29 is 0 Å². The normalized spacial score (nSPS) is 14.2. The van der Waals surface area contributed by atoms with Crippen molar-refractivity contribution in [3.8, 4) is 0 Å². The minimum Gasteiger partial charge on any atom is -0.369 e. The maximum absolute atomic E-state index is 6.14. The SMILES string of the molecule is CC(C)c1ccccc1N=C(N)Nc1cccc2c1CCC2. The molecule has 0 aromatic heterocycles. The second kappa shape index (κ2) is 6.22. The van der Waals surface area contributed by atoms with E-state index in [1.807, 2.05) is 18.2 Å². The van der Waals surface area contributed by atoms with Crippen molar-refractivity contribution in [3.05, 3.63) is 59.2 Å². The fourth-order valence-electron chi connectivity index (χ4n) is 3.11. The molecule has 3 rings (SSSR count). The smallest absolute Gasteiger partial charge is 0.198 e. The molecular weight excluding hydrogens is 270 g/mol. The predicted octanol–water partition coefficient (Wildman–Crippen LogP) is 4.36. The number of nitrogens with one attached hydrogen (secondary N) is 1. The van der Waals surface area contributed by atoms with Gasteiger partial charge in [-0.25, -0.2) is 4.99 Å². The highest BCUT2D eigenvalue weighted by Gasteiger charge is 2.14. The number of benzene rings is 2. The number of anilines is 1. The van der Waals surface area contributed by atoms with Crippen LogP contribution in [0.5, 0.6) is 0 Å². The monoisotopic (exact) mass is 293 g/mol. The molecule has 3 nitrogen and oxygen atoms in total. The molecule has 2 aromatic carbocycles. The Kier molecular flexibility index (Phi) is 4.14. The van der Waals surface area contributed by atoms with E-state index in [1.165, 1.54) is 23.1 Å². The molecule has 0 spiro atoms. The number of guanidine groups is 1. The van der Waals surface area contributed by atoms with Gasteiger partial charge in [0.1, 0.15) is 0 Å². The summed E-state index contributed by atoms with van der Waals surface area (Å²) in [5, 5.41) is 3.28. The number of nitrogens with zero attached hydrogens (tertiary/aromatic N) is 1. The maximum atomic E-state index is 6.14. The van der Waals surface area contributed by atoms with Gasteiger partial charge in [-0.15, -0.1) is 0 Å². The van der Waals surface area contributed by atoms with E-state index in [-0.39, 0.29) is 0 Å². The van der Waals surface area contributed by atoms with Gasteiger partial charge in [0.15, 0.2) is 5.96 Å². The first-order valence-electron chi connectivity index (χ1n) is 7.96. The van der Waals surface area contributed by atoms with Crippen LogP contribution in [0, 0.1) is 0 Å². The Balaban J connectivity index is 1.86.